The van der Waals surface area contributed by atoms with E-state index in [-0.39, 0.29) is 5.91 Å². The van der Waals surface area contributed by atoms with E-state index in [9.17, 15) is 4.79 Å². The van der Waals surface area contributed by atoms with Gasteiger partial charge in [-0.2, -0.15) is 0 Å². The van der Waals surface area contributed by atoms with Crippen molar-refractivity contribution >= 4 is 5.91 Å². The van der Waals surface area contributed by atoms with Crippen LogP contribution in [0.15, 0.2) is 11.6 Å². The first-order valence-corrected chi connectivity index (χ1v) is 6.16. The van der Waals surface area contributed by atoms with Gasteiger partial charge in [0.05, 0.1) is 6.61 Å². The second-order valence-electron chi connectivity index (χ2n) is 4.21. The Labute approximate surface area is 99.0 Å². The predicted octanol–water partition coefficient (Wildman–Crippen LogP) is 2.65. The normalized spacial score (nSPS) is 13.8. The van der Waals surface area contributed by atoms with E-state index in [0.717, 1.165) is 13.0 Å². The number of unbranched alkanes of at least 4 members (excludes halogenated alkanes) is 1. The number of carbonyl (C=O) groups is 1. The Bertz CT molecular complexity index is 224. The van der Waals surface area contributed by atoms with Gasteiger partial charge in [0.1, 0.15) is 0 Å². The lowest BCUT2D eigenvalue weighted by Crippen LogP contribution is -2.13. The molecule has 0 heterocycles. The summed E-state index contributed by atoms with van der Waals surface area (Å²) in [7, 11) is 0. The van der Waals surface area contributed by atoms with E-state index in [1.54, 1.807) is 13.0 Å². The summed E-state index contributed by atoms with van der Waals surface area (Å²) in [5, 5.41) is 0. The van der Waals surface area contributed by atoms with Gasteiger partial charge in [-0.05, 0) is 19.3 Å². The smallest absolute Gasteiger partial charge is 0.244 e. The molecule has 3 nitrogen and oxygen atoms in total. The Kier molecular flexibility index (Phi) is 8.91. The van der Waals surface area contributed by atoms with Crippen LogP contribution in [0.4, 0.5) is 0 Å². The topological polar surface area (TPSA) is 52.3 Å². The van der Waals surface area contributed by atoms with Crippen molar-refractivity contribution in [3.63, 3.8) is 0 Å². The lowest BCUT2D eigenvalue weighted by Gasteiger charge is -2.13. The first kappa shape index (κ1) is 15.2. The van der Waals surface area contributed by atoms with Crippen LogP contribution >= 0.6 is 0 Å². The molecular weight excluding hydrogens is 202 g/mol. The van der Waals surface area contributed by atoms with Crippen LogP contribution in [0.25, 0.3) is 0 Å². The van der Waals surface area contributed by atoms with Crippen LogP contribution in [0.5, 0.6) is 0 Å². The van der Waals surface area contributed by atoms with Gasteiger partial charge >= 0.3 is 0 Å². The Hall–Kier alpha value is -0.830. The molecule has 0 aliphatic rings. The van der Waals surface area contributed by atoms with Gasteiger partial charge in [0.15, 0.2) is 0 Å². The molecule has 0 aromatic heterocycles. The fraction of sp³-hybridized carbons (Fsp3) is 0.769. The van der Waals surface area contributed by atoms with E-state index in [1.807, 2.05) is 0 Å². The minimum atomic E-state index is -0.373. The van der Waals surface area contributed by atoms with Crippen LogP contribution in [0.1, 0.15) is 46.5 Å². The molecule has 0 aliphatic heterocycles. The summed E-state index contributed by atoms with van der Waals surface area (Å²) in [5.74, 6) is 0.267. The van der Waals surface area contributed by atoms with Gasteiger partial charge in [-0.1, -0.05) is 39.2 Å². The maximum absolute atomic E-state index is 10.7. The van der Waals surface area contributed by atoms with Crippen molar-refractivity contribution in [1.82, 2.24) is 0 Å². The first-order chi connectivity index (χ1) is 7.61. The maximum Gasteiger partial charge on any atom is 0.244 e. The molecule has 0 rings (SSSR count). The van der Waals surface area contributed by atoms with Crippen molar-refractivity contribution in [2.75, 3.05) is 13.2 Å². The van der Waals surface area contributed by atoms with Gasteiger partial charge in [0.25, 0.3) is 0 Å². The number of hydrogen-bond donors (Lipinski definition) is 1. The molecule has 0 aromatic carbocycles. The molecule has 94 valence electrons. The van der Waals surface area contributed by atoms with Crippen molar-refractivity contribution in [3.8, 4) is 0 Å². The maximum atomic E-state index is 10.7. The molecular formula is C13H25NO2. The lowest BCUT2D eigenvalue weighted by atomic mass is 10.0. The monoisotopic (exact) mass is 227 g/mol. The summed E-state index contributed by atoms with van der Waals surface area (Å²) in [4.78, 5) is 10.7. The van der Waals surface area contributed by atoms with Crippen LogP contribution < -0.4 is 5.73 Å². The molecule has 0 radical (unpaired) electrons. The zero-order valence-corrected chi connectivity index (χ0v) is 10.8. The number of ether oxygens (including phenoxy) is 1. The average molecular weight is 227 g/mol. The van der Waals surface area contributed by atoms with Crippen LogP contribution in [0.3, 0.4) is 0 Å². The van der Waals surface area contributed by atoms with Crippen LogP contribution in [-0.2, 0) is 9.53 Å². The second kappa shape index (κ2) is 9.40. The highest BCUT2D eigenvalue weighted by atomic mass is 16.5. The van der Waals surface area contributed by atoms with Crippen molar-refractivity contribution in [2.45, 2.75) is 46.5 Å². The minimum absolute atomic E-state index is 0.373. The molecule has 0 saturated heterocycles. The Morgan fingerprint density at radius 1 is 1.44 bits per heavy atom. The molecule has 1 unspecified atom stereocenters. The molecule has 3 heteroatoms. The van der Waals surface area contributed by atoms with Crippen LogP contribution in [0.2, 0.25) is 0 Å². The highest BCUT2D eigenvalue weighted by Gasteiger charge is 2.05. The third-order valence-corrected chi connectivity index (χ3v) is 2.79. The molecule has 0 saturated carbocycles. The summed E-state index contributed by atoms with van der Waals surface area (Å²) in [5.41, 5.74) is 5.68. The number of rotatable bonds is 9. The predicted molar refractivity (Wildman–Crippen MR) is 67.1 cm³/mol. The van der Waals surface area contributed by atoms with Crippen molar-refractivity contribution in [2.24, 2.45) is 11.7 Å². The van der Waals surface area contributed by atoms with Crippen LogP contribution in [-0.4, -0.2) is 19.1 Å². The molecule has 1 atom stereocenters. The number of hydrogen-bond acceptors (Lipinski definition) is 2. The zero-order chi connectivity index (χ0) is 12.4. The van der Waals surface area contributed by atoms with Crippen molar-refractivity contribution in [1.29, 1.82) is 0 Å². The SMILES string of the molecule is CCCCC(CC)COCC=C(C)C(N)=O. The summed E-state index contributed by atoms with van der Waals surface area (Å²) in [6.45, 7) is 7.36. The number of primary amides is 1. The number of nitrogens with two attached hydrogens (primary N) is 1. The van der Waals surface area contributed by atoms with Crippen molar-refractivity contribution < 1.29 is 9.53 Å². The molecule has 0 aliphatic carbocycles. The lowest BCUT2D eigenvalue weighted by molar-refractivity contribution is -0.114. The Morgan fingerprint density at radius 2 is 2.12 bits per heavy atom. The fourth-order valence-electron chi connectivity index (χ4n) is 1.42. The Balaban J connectivity index is 3.70. The van der Waals surface area contributed by atoms with Gasteiger partial charge in [-0.3, -0.25) is 4.79 Å². The molecule has 2 N–H and O–H groups in total. The van der Waals surface area contributed by atoms with E-state index in [1.165, 1.54) is 19.3 Å². The molecule has 0 fully saturated rings. The Morgan fingerprint density at radius 3 is 2.62 bits per heavy atom. The van der Waals surface area contributed by atoms with E-state index in [4.69, 9.17) is 10.5 Å². The zero-order valence-electron chi connectivity index (χ0n) is 10.8. The summed E-state index contributed by atoms with van der Waals surface area (Å²) in [6.07, 6.45) is 6.62. The van der Waals surface area contributed by atoms with Gasteiger partial charge in [0, 0.05) is 12.2 Å². The van der Waals surface area contributed by atoms with Gasteiger partial charge in [-0.15, -0.1) is 0 Å². The van der Waals surface area contributed by atoms with E-state index >= 15 is 0 Å². The van der Waals surface area contributed by atoms with Gasteiger partial charge in [-0.25, -0.2) is 0 Å². The summed E-state index contributed by atoms with van der Waals surface area (Å²) in [6, 6.07) is 0. The average Bonchev–Trinajstić information content (AvgIpc) is 2.27. The highest BCUT2D eigenvalue weighted by Crippen LogP contribution is 2.12. The summed E-state index contributed by atoms with van der Waals surface area (Å²) < 4.78 is 5.52. The second-order valence-corrected chi connectivity index (χ2v) is 4.21. The van der Waals surface area contributed by atoms with E-state index < -0.39 is 0 Å². The molecule has 16 heavy (non-hydrogen) atoms. The third-order valence-electron chi connectivity index (χ3n) is 2.79. The van der Waals surface area contributed by atoms with E-state index in [0.29, 0.717) is 18.1 Å². The minimum Gasteiger partial charge on any atom is -0.377 e. The standard InChI is InChI=1S/C13H25NO2/c1-4-6-7-12(5-2)10-16-9-8-11(3)13(14)15/h8,12H,4-7,9-10H2,1-3H3,(H2,14,15). The van der Waals surface area contributed by atoms with Gasteiger partial charge < -0.3 is 10.5 Å². The van der Waals surface area contributed by atoms with E-state index in [2.05, 4.69) is 13.8 Å². The molecule has 0 spiro atoms. The quantitative estimate of drug-likeness (QED) is 0.486. The third kappa shape index (κ3) is 7.46. The molecule has 0 bridgehead atoms. The van der Waals surface area contributed by atoms with Crippen LogP contribution in [0, 0.1) is 5.92 Å². The number of carbonyl (C=O) groups excluding carboxylic acids is 1. The molecule has 1 amide bonds. The van der Waals surface area contributed by atoms with Crippen molar-refractivity contribution in [3.05, 3.63) is 11.6 Å². The van der Waals surface area contributed by atoms with Gasteiger partial charge in [0.2, 0.25) is 5.91 Å². The summed E-state index contributed by atoms with van der Waals surface area (Å²) >= 11 is 0. The number of amides is 1. The first-order valence-electron chi connectivity index (χ1n) is 6.16. The fourth-order valence-corrected chi connectivity index (χ4v) is 1.42. The largest absolute Gasteiger partial charge is 0.377 e. The molecule has 0 aromatic rings. The highest BCUT2D eigenvalue weighted by molar-refractivity contribution is 5.91.